The van der Waals surface area contributed by atoms with Crippen molar-refractivity contribution in [1.82, 2.24) is 15.2 Å². The molecular formula is C23H28N4O4. The van der Waals surface area contributed by atoms with Gasteiger partial charge in [0.15, 0.2) is 6.29 Å². The van der Waals surface area contributed by atoms with Gasteiger partial charge in [0.25, 0.3) is 5.89 Å². The van der Waals surface area contributed by atoms with Crippen molar-refractivity contribution in [2.45, 2.75) is 58.3 Å². The SMILES string of the molecule is Cc1cc(-c2nnc(NCC3OCCO3)o2)nc2c(OC(C)(C)C)cc(C3CC3)cc12. The summed E-state index contributed by atoms with van der Waals surface area (Å²) in [5, 5.41) is 12.4. The minimum Gasteiger partial charge on any atom is -0.486 e. The highest BCUT2D eigenvalue weighted by Gasteiger charge is 2.27. The fourth-order valence-electron chi connectivity index (χ4n) is 3.74. The third kappa shape index (κ3) is 4.50. The summed E-state index contributed by atoms with van der Waals surface area (Å²) >= 11 is 0. The number of hydrogen-bond donors (Lipinski definition) is 1. The van der Waals surface area contributed by atoms with Gasteiger partial charge in [-0.25, -0.2) is 4.98 Å². The predicted octanol–water partition coefficient (Wildman–Crippen LogP) is 4.43. The summed E-state index contributed by atoms with van der Waals surface area (Å²) in [6, 6.07) is 6.69. The number of aromatic nitrogens is 3. The Labute approximate surface area is 181 Å². The van der Waals surface area contributed by atoms with Crippen LogP contribution in [-0.2, 0) is 9.47 Å². The van der Waals surface area contributed by atoms with Crippen LogP contribution in [0.2, 0.25) is 0 Å². The maximum absolute atomic E-state index is 6.31. The highest BCUT2D eigenvalue weighted by atomic mass is 16.7. The lowest BCUT2D eigenvalue weighted by molar-refractivity contribution is -0.0302. The summed E-state index contributed by atoms with van der Waals surface area (Å²) in [4.78, 5) is 4.86. The number of fused-ring (bicyclic) bond motifs is 1. The Hall–Kier alpha value is -2.71. The van der Waals surface area contributed by atoms with Crippen LogP contribution in [-0.4, -0.2) is 46.8 Å². The number of pyridine rings is 1. The monoisotopic (exact) mass is 424 g/mol. The van der Waals surface area contributed by atoms with Gasteiger partial charge in [0.05, 0.1) is 19.8 Å². The van der Waals surface area contributed by atoms with Crippen LogP contribution in [0.25, 0.3) is 22.5 Å². The molecule has 8 nitrogen and oxygen atoms in total. The Balaban J connectivity index is 1.48. The van der Waals surface area contributed by atoms with Crippen LogP contribution in [0.5, 0.6) is 5.75 Å². The molecule has 0 spiro atoms. The zero-order chi connectivity index (χ0) is 21.6. The molecule has 3 aromatic rings. The van der Waals surface area contributed by atoms with Crippen LogP contribution in [0.4, 0.5) is 6.01 Å². The highest BCUT2D eigenvalue weighted by molar-refractivity contribution is 5.90. The van der Waals surface area contributed by atoms with Gasteiger partial charge in [0, 0.05) is 5.39 Å². The molecule has 0 atom stereocenters. The topological polar surface area (TPSA) is 91.5 Å². The Kier molecular flexibility index (Phi) is 5.06. The molecule has 0 bridgehead atoms. The van der Waals surface area contributed by atoms with Gasteiger partial charge < -0.3 is 23.9 Å². The van der Waals surface area contributed by atoms with Gasteiger partial charge in [0.1, 0.15) is 22.6 Å². The van der Waals surface area contributed by atoms with Gasteiger partial charge in [0.2, 0.25) is 0 Å². The van der Waals surface area contributed by atoms with E-state index < -0.39 is 0 Å². The van der Waals surface area contributed by atoms with Crippen LogP contribution in [0.1, 0.15) is 50.7 Å². The Bertz CT molecular complexity index is 1090. The van der Waals surface area contributed by atoms with Gasteiger partial charge in [-0.05, 0) is 75.8 Å². The molecule has 2 fully saturated rings. The number of nitrogens with zero attached hydrogens (tertiary/aromatic N) is 3. The molecule has 1 saturated heterocycles. The van der Waals surface area contributed by atoms with E-state index >= 15 is 0 Å². The number of rotatable bonds is 6. The first-order chi connectivity index (χ1) is 14.9. The van der Waals surface area contributed by atoms with Crippen molar-refractivity contribution in [3.05, 3.63) is 29.3 Å². The Morgan fingerprint density at radius 1 is 1.10 bits per heavy atom. The summed E-state index contributed by atoms with van der Waals surface area (Å²) in [7, 11) is 0. The number of nitrogens with one attached hydrogen (secondary N) is 1. The molecule has 5 rings (SSSR count). The average Bonchev–Trinajstić information content (AvgIpc) is 3.22. The van der Waals surface area contributed by atoms with Crippen molar-refractivity contribution in [3.8, 4) is 17.3 Å². The molecule has 1 saturated carbocycles. The molecule has 1 aliphatic carbocycles. The maximum atomic E-state index is 6.31. The smallest absolute Gasteiger partial charge is 0.315 e. The van der Waals surface area contributed by atoms with Crippen molar-refractivity contribution >= 4 is 16.9 Å². The molecular weight excluding hydrogens is 396 g/mol. The molecule has 2 aromatic heterocycles. The second-order valence-corrected chi connectivity index (χ2v) is 9.19. The fourth-order valence-corrected chi connectivity index (χ4v) is 3.74. The first-order valence-corrected chi connectivity index (χ1v) is 10.8. The standard InChI is InChI=1S/C23H28N4O4/c1-13-9-17(21-26-27-22(30-21)24-12-19-28-7-8-29-19)25-20-16(13)10-15(14-5-6-14)11-18(20)31-23(2,3)4/h9-11,14,19H,5-8,12H2,1-4H3,(H,24,27). The fraction of sp³-hybridized carbons (Fsp3) is 0.522. The van der Waals surface area contributed by atoms with Crippen molar-refractivity contribution in [3.63, 3.8) is 0 Å². The first kappa shape index (κ1) is 20.2. The third-order valence-corrected chi connectivity index (χ3v) is 5.33. The van der Waals surface area contributed by atoms with Crippen LogP contribution < -0.4 is 10.1 Å². The number of ether oxygens (including phenoxy) is 3. The number of benzene rings is 1. The predicted molar refractivity (Wildman–Crippen MR) is 116 cm³/mol. The molecule has 8 heteroatoms. The van der Waals surface area contributed by atoms with E-state index in [1.165, 1.54) is 18.4 Å². The quantitative estimate of drug-likeness (QED) is 0.621. The molecule has 164 valence electrons. The summed E-state index contributed by atoms with van der Waals surface area (Å²) in [6.07, 6.45) is 2.17. The molecule has 2 aliphatic rings. The van der Waals surface area contributed by atoms with E-state index in [-0.39, 0.29) is 11.9 Å². The largest absolute Gasteiger partial charge is 0.486 e. The average molecular weight is 425 g/mol. The van der Waals surface area contributed by atoms with E-state index in [0.29, 0.717) is 43.3 Å². The lowest BCUT2D eigenvalue weighted by atomic mass is 10.0. The van der Waals surface area contributed by atoms with E-state index in [9.17, 15) is 0 Å². The highest BCUT2D eigenvalue weighted by Crippen LogP contribution is 2.44. The summed E-state index contributed by atoms with van der Waals surface area (Å²) in [5.74, 6) is 1.78. The van der Waals surface area contributed by atoms with E-state index in [1.807, 2.05) is 26.8 Å². The van der Waals surface area contributed by atoms with Crippen LogP contribution in [0, 0.1) is 6.92 Å². The number of aryl methyl sites for hydroxylation is 1. The number of hydrogen-bond acceptors (Lipinski definition) is 8. The van der Waals surface area contributed by atoms with Gasteiger partial charge in [-0.1, -0.05) is 5.10 Å². The summed E-state index contributed by atoms with van der Waals surface area (Å²) in [6.45, 7) is 9.87. The lowest BCUT2D eigenvalue weighted by Crippen LogP contribution is -2.23. The lowest BCUT2D eigenvalue weighted by Gasteiger charge is -2.23. The first-order valence-electron chi connectivity index (χ1n) is 10.8. The van der Waals surface area contributed by atoms with E-state index in [2.05, 4.69) is 34.6 Å². The zero-order valence-electron chi connectivity index (χ0n) is 18.4. The third-order valence-electron chi connectivity index (χ3n) is 5.33. The van der Waals surface area contributed by atoms with Gasteiger partial charge >= 0.3 is 6.01 Å². The molecule has 0 radical (unpaired) electrons. The van der Waals surface area contributed by atoms with Crippen molar-refractivity contribution in [1.29, 1.82) is 0 Å². The molecule has 0 unspecified atom stereocenters. The Morgan fingerprint density at radius 3 is 2.58 bits per heavy atom. The molecule has 1 aliphatic heterocycles. The van der Waals surface area contributed by atoms with Crippen molar-refractivity contribution < 1.29 is 18.6 Å². The zero-order valence-corrected chi connectivity index (χ0v) is 18.4. The van der Waals surface area contributed by atoms with E-state index in [4.69, 9.17) is 23.6 Å². The second-order valence-electron chi connectivity index (χ2n) is 9.19. The van der Waals surface area contributed by atoms with Gasteiger partial charge in [-0.15, -0.1) is 5.10 Å². The summed E-state index contributed by atoms with van der Waals surface area (Å²) in [5.41, 5.74) is 3.53. The minimum absolute atomic E-state index is 0.297. The maximum Gasteiger partial charge on any atom is 0.315 e. The van der Waals surface area contributed by atoms with Crippen LogP contribution in [0.3, 0.4) is 0 Å². The van der Waals surface area contributed by atoms with Crippen LogP contribution >= 0.6 is 0 Å². The molecule has 3 heterocycles. The van der Waals surface area contributed by atoms with Gasteiger partial charge in [-0.2, -0.15) is 0 Å². The van der Waals surface area contributed by atoms with Crippen LogP contribution in [0.15, 0.2) is 22.6 Å². The Morgan fingerprint density at radius 2 is 1.87 bits per heavy atom. The van der Waals surface area contributed by atoms with Crippen molar-refractivity contribution in [2.24, 2.45) is 0 Å². The van der Waals surface area contributed by atoms with Crippen molar-refractivity contribution in [2.75, 3.05) is 25.1 Å². The molecule has 1 aromatic carbocycles. The molecule has 31 heavy (non-hydrogen) atoms. The minimum atomic E-state index is -0.327. The second kappa shape index (κ2) is 7.76. The number of anilines is 1. The molecule has 1 N–H and O–H groups in total. The summed E-state index contributed by atoms with van der Waals surface area (Å²) < 4.78 is 22.9. The molecule has 0 amide bonds. The van der Waals surface area contributed by atoms with E-state index in [0.717, 1.165) is 22.2 Å². The van der Waals surface area contributed by atoms with Gasteiger partial charge in [-0.3, -0.25) is 0 Å². The van der Waals surface area contributed by atoms with E-state index in [1.54, 1.807) is 0 Å². The normalized spacial score (nSPS) is 17.4.